The summed E-state index contributed by atoms with van der Waals surface area (Å²) in [5.41, 5.74) is 5.70. The summed E-state index contributed by atoms with van der Waals surface area (Å²) in [6.45, 7) is 5.99. The van der Waals surface area contributed by atoms with E-state index in [0.717, 1.165) is 39.0 Å². The van der Waals surface area contributed by atoms with Crippen LogP contribution in [0.2, 0.25) is 0 Å². The van der Waals surface area contributed by atoms with Gasteiger partial charge < -0.3 is 14.6 Å². The molecule has 4 aromatic rings. The number of likely N-dealkylation sites (N-methyl/N-ethyl adjacent to an activating group) is 1. The lowest BCUT2D eigenvalue weighted by molar-refractivity contribution is 0.146. The van der Waals surface area contributed by atoms with Crippen molar-refractivity contribution < 1.29 is 14.6 Å². The first kappa shape index (κ1) is 24.6. The van der Waals surface area contributed by atoms with Crippen LogP contribution in [0, 0.1) is 12.3 Å². The first-order valence-electron chi connectivity index (χ1n) is 12.3. The number of aliphatic hydroxyl groups excluding tert-OH is 1. The van der Waals surface area contributed by atoms with E-state index in [-0.39, 0.29) is 12.7 Å². The van der Waals surface area contributed by atoms with Crippen LogP contribution < -0.4 is 9.47 Å². The fourth-order valence-electron chi connectivity index (χ4n) is 4.81. The SMILES string of the molecule is C#Cc1nn(C)c2c1-c1ccc3n[nH]c(c3c1)/C=C/c1c(OCC)nn(CCO)c1CN(C)C[C@H](C)O2. The summed E-state index contributed by atoms with van der Waals surface area (Å²) in [5, 5.41) is 27.4. The minimum atomic E-state index is -0.164. The van der Waals surface area contributed by atoms with Crippen molar-refractivity contribution >= 4 is 23.1 Å². The molecule has 2 bridgehead atoms. The second kappa shape index (κ2) is 10.1. The number of terminal acetylenes is 1. The molecule has 0 unspecified atom stereocenters. The Bertz CT molecular complexity index is 1500. The van der Waals surface area contributed by atoms with Crippen molar-refractivity contribution in [2.45, 2.75) is 33.0 Å². The first-order chi connectivity index (χ1) is 17.9. The molecule has 1 aromatic carbocycles. The highest BCUT2D eigenvalue weighted by Crippen LogP contribution is 2.36. The number of aromatic nitrogens is 6. The summed E-state index contributed by atoms with van der Waals surface area (Å²) in [4.78, 5) is 2.16. The molecule has 0 amide bonds. The highest BCUT2D eigenvalue weighted by Gasteiger charge is 2.24. The van der Waals surface area contributed by atoms with Gasteiger partial charge in [-0.3, -0.25) is 14.7 Å². The highest BCUT2D eigenvalue weighted by molar-refractivity contribution is 5.93. The number of nitrogens with one attached hydrogen (secondary N) is 1. The third kappa shape index (κ3) is 4.59. The number of rotatable bonds is 4. The first-order valence-corrected chi connectivity index (χ1v) is 12.3. The Morgan fingerprint density at radius 2 is 2.11 bits per heavy atom. The Balaban J connectivity index is 1.72. The lowest BCUT2D eigenvalue weighted by atomic mass is 10.0. The van der Waals surface area contributed by atoms with Gasteiger partial charge in [0.2, 0.25) is 11.8 Å². The number of aliphatic hydroxyl groups is 1. The highest BCUT2D eigenvalue weighted by atomic mass is 16.5. The number of ether oxygens (including phenoxy) is 2. The van der Waals surface area contributed by atoms with Gasteiger partial charge >= 0.3 is 0 Å². The molecule has 1 aliphatic heterocycles. The number of fused-ring (bicyclic) bond motifs is 4. The summed E-state index contributed by atoms with van der Waals surface area (Å²) >= 11 is 0. The molecule has 0 aliphatic carbocycles. The molecule has 4 heterocycles. The monoisotopic (exact) mass is 501 g/mol. The summed E-state index contributed by atoms with van der Waals surface area (Å²) in [7, 11) is 3.87. The van der Waals surface area contributed by atoms with Crippen LogP contribution in [-0.4, -0.2) is 72.7 Å². The average Bonchev–Trinajstić information content (AvgIpc) is 3.51. The largest absolute Gasteiger partial charge is 0.476 e. The molecule has 1 atom stereocenters. The molecular formula is C27H31N7O3. The molecular weight excluding hydrogens is 470 g/mol. The smallest absolute Gasteiger partial charge is 0.240 e. The van der Waals surface area contributed by atoms with Gasteiger partial charge in [0.1, 0.15) is 11.8 Å². The Hall–Kier alpha value is -4.07. The zero-order chi connectivity index (χ0) is 26.1. The van der Waals surface area contributed by atoms with E-state index < -0.39 is 0 Å². The molecule has 0 radical (unpaired) electrons. The number of aryl methyl sites for hydroxylation is 1. The fourth-order valence-corrected chi connectivity index (χ4v) is 4.81. The normalized spacial score (nSPS) is 16.9. The van der Waals surface area contributed by atoms with Gasteiger partial charge in [-0.1, -0.05) is 6.07 Å². The lowest BCUT2D eigenvalue weighted by Gasteiger charge is -2.23. The zero-order valence-electron chi connectivity index (χ0n) is 21.5. The van der Waals surface area contributed by atoms with Crippen LogP contribution in [0.5, 0.6) is 11.8 Å². The molecule has 2 N–H and O–H groups in total. The van der Waals surface area contributed by atoms with Crippen molar-refractivity contribution in [1.29, 1.82) is 0 Å². The van der Waals surface area contributed by atoms with Gasteiger partial charge in [0, 0.05) is 25.5 Å². The molecule has 3 aromatic heterocycles. The third-order valence-corrected chi connectivity index (χ3v) is 6.38. The van der Waals surface area contributed by atoms with Gasteiger partial charge in [0.25, 0.3) is 0 Å². The minimum Gasteiger partial charge on any atom is -0.476 e. The second-order valence-electron chi connectivity index (χ2n) is 9.17. The molecule has 1 aliphatic rings. The second-order valence-corrected chi connectivity index (χ2v) is 9.17. The third-order valence-electron chi connectivity index (χ3n) is 6.38. The molecule has 10 heteroatoms. The van der Waals surface area contributed by atoms with Gasteiger partial charge in [0.15, 0.2) is 0 Å². The summed E-state index contributed by atoms with van der Waals surface area (Å²) < 4.78 is 15.8. The number of nitrogens with zero attached hydrogens (tertiary/aromatic N) is 6. The Kier molecular flexibility index (Phi) is 6.74. The zero-order valence-corrected chi connectivity index (χ0v) is 21.5. The summed E-state index contributed by atoms with van der Waals surface area (Å²) in [6, 6.07) is 6.00. The van der Waals surface area contributed by atoms with Gasteiger partial charge in [-0.25, -0.2) is 4.68 Å². The van der Waals surface area contributed by atoms with Crippen molar-refractivity contribution in [3.63, 3.8) is 0 Å². The average molecular weight is 502 g/mol. The van der Waals surface area contributed by atoms with Gasteiger partial charge in [0.05, 0.1) is 47.8 Å². The van der Waals surface area contributed by atoms with E-state index in [2.05, 4.69) is 37.3 Å². The van der Waals surface area contributed by atoms with Crippen molar-refractivity contribution in [3.05, 3.63) is 40.8 Å². The van der Waals surface area contributed by atoms with Crippen LogP contribution in [0.25, 0.3) is 34.2 Å². The van der Waals surface area contributed by atoms with Gasteiger partial charge in [-0.15, -0.1) is 11.5 Å². The number of hydrogen-bond acceptors (Lipinski definition) is 7. The topological polar surface area (TPSA) is 106 Å². The van der Waals surface area contributed by atoms with Crippen LogP contribution in [0.4, 0.5) is 0 Å². The summed E-state index contributed by atoms with van der Waals surface area (Å²) in [5.74, 6) is 3.87. The lowest BCUT2D eigenvalue weighted by Crippen LogP contribution is -2.32. The summed E-state index contributed by atoms with van der Waals surface area (Å²) in [6.07, 6.45) is 9.65. The van der Waals surface area contributed by atoms with E-state index in [9.17, 15) is 5.11 Å². The van der Waals surface area contributed by atoms with E-state index in [1.807, 2.05) is 56.9 Å². The standard InChI is InChI=1S/C27H31N7O3/c1-6-21-25-18-8-10-22-20(14-18)23(29-28-22)11-9-19-24(34(12-13-35)31-26(19)36-7-2)16-32(4)15-17(3)37-27(25)33(5)30-21/h1,8-11,14,17,35H,7,12-13,15-16H2,2-5H3,(H,28,29)/b11-9+/t17-/m0/s1. The quantitative estimate of drug-likeness (QED) is 0.414. The van der Waals surface area contributed by atoms with Crippen molar-refractivity contribution in [1.82, 2.24) is 34.7 Å². The minimum absolute atomic E-state index is 0.0264. The van der Waals surface area contributed by atoms with Crippen molar-refractivity contribution in [2.75, 3.05) is 26.8 Å². The van der Waals surface area contributed by atoms with Crippen LogP contribution in [0.15, 0.2) is 18.2 Å². The van der Waals surface area contributed by atoms with Gasteiger partial charge in [-0.05, 0) is 56.7 Å². The van der Waals surface area contributed by atoms with E-state index in [0.29, 0.717) is 43.7 Å². The molecule has 37 heavy (non-hydrogen) atoms. The van der Waals surface area contributed by atoms with Crippen LogP contribution in [0.1, 0.15) is 36.5 Å². The predicted octanol–water partition coefficient (Wildman–Crippen LogP) is 2.92. The molecule has 192 valence electrons. The van der Waals surface area contributed by atoms with Crippen molar-refractivity contribution in [2.24, 2.45) is 7.05 Å². The maximum absolute atomic E-state index is 9.68. The fraction of sp³-hybridized carbons (Fsp3) is 0.370. The van der Waals surface area contributed by atoms with Crippen LogP contribution in [-0.2, 0) is 20.1 Å². The maximum Gasteiger partial charge on any atom is 0.240 e. The molecule has 0 spiro atoms. The Labute approximate surface area is 215 Å². The molecule has 0 fully saturated rings. The number of hydrogen-bond donors (Lipinski definition) is 2. The predicted molar refractivity (Wildman–Crippen MR) is 142 cm³/mol. The van der Waals surface area contributed by atoms with E-state index in [1.54, 1.807) is 4.68 Å². The van der Waals surface area contributed by atoms with Gasteiger partial charge in [-0.2, -0.15) is 10.2 Å². The van der Waals surface area contributed by atoms with E-state index in [1.165, 1.54) is 0 Å². The Morgan fingerprint density at radius 1 is 1.27 bits per heavy atom. The van der Waals surface area contributed by atoms with Crippen LogP contribution >= 0.6 is 0 Å². The number of H-pyrrole nitrogens is 1. The maximum atomic E-state index is 9.68. The van der Waals surface area contributed by atoms with Crippen LogP contribution in [0.3, 0.4) is 0 Å². The number of aromatic amines is 1. The Morgan fingerprint density at radius 3 is 2.86 bits per heavy atom. The van der Waals surface area contributed by atoms with E-state index in [4.69, 9.17) is 15.9 Å². The molecule has 5 rings (SSSR count). The molecule has 10 nitrogen and oxygen atoms in total. The van der Waals surface area contributed by atoms with E-state index >= 15 is 0 Å². The molecule has 0 saturated carbocycles. The number of benzene rings is 1. The van der Waals surface area contributed by atoms with Crippen molar-refractivity contribution in [3.8, 4) is 35.2 Å². The molecule has 0 saturated heterocycles.